The first-order valence-electron chi connectivity index (χ1n) is 5.07. The number of aromatic nitrogens is 1. The van der Waals surface area contributed by atoms with E-state index in [4.69, 9.17) is 5.11 Å². The molecule has 0 spiro atoms. The Labute approximate surface area is 85.3 Å². The Morgan fingerprint density at radius 1 is 1.07 bits per heavy atom. The molecule has 2 rings (SSSR count). The molecule has 0 bridgehead atoms. The topological polar surface area (TPSA) is 33.1 Å². The lowest BCUT2D eigenvalue weighted by atomic mass is 10.2. The van der Waals surface area contributed by atoms with Crippen LogP contribution in [0.1, 0.15) is 25.7 Å². The minimum atomic E-state index is -0.0613. The smallest absolute Gasteiger partial charge is 0.0574 e. The van der Waals surface area contributed by atoms with Gasteiger partial charge in [0.15, 0.2) is 0 Å². The Balaban J connectivity index is 0.000000146. The van der Waals surface area contributed by atoms with Crippen LogP contribution in [0.3, 0.4) is 0 Å². The molecule has 0 amide bonds. The molecule has 1 aromatic rings. The monoisotopic (exact) mass is 191 g/mol. The molecule has 14 heavy (non-hydrogen) atoms. The van der Waals surface area contributed by atoms with Crippen molar-refractivity contribution in [3.05, 3.63) is 42.7 Å². The molecule has 0 radical (unpaired) electrons. The zero-order chi connectivity index (χ0) is 10.1. The van der Waals surface area contributed by atoms with Crippen LogP contribution in [0.15, 0.2) is 42.7 Å². The molecule has 0 fully saturated rings. The number of nitrogens with zero attached hydrogens (tertiary/aromatic N) is 1. The van der Waals surface area contributed by atoms with Crippen molar-refractivity contribution in [2.45, 2.75) is 31.8 Å². The summed E-state index contributed by atoms with van der Waals surface area (Å²) >= 11 is 0. The van der Waals surface area contributed by atoms with Crippen molar-refractivity contribution in [3.8, 4) is 0 Å². The quantitative estimate of drug-likeness (QED) is 0.639. The number of pyridine rings is 1. The zero-order valence-corrected chi connectivity index (χ0v) is 8.34. The number of rotatable bonds is 0. The first-order chi connectivity index (χ1) is 6.89. The van der Waals surface area contributed by atoms with Gasteiger partial charge in [0.2, 0.25) is 0 Å². The van der Waals surface area contributed by atoms with Crippen LogP contribution in [-0.2, 0) is 0 Å². The van der Waals surface area contributed by atoms with Gasteiger partial charge >= 0.3 is 0 Å². The number of hydrogen-bond acceptors (Lipinski definition) is 2. The maximum Gasteiger partial charge on any atom is 0.0574 e. The largest absolute Gasteiger partial charge is 0.393 e. The van der Waals surface area contributed by atoms with Gasteiger partial charge in [0.05, 0.1) is 6.10 Å². The Morgan fingerprint density at radius 2 is 1.86 bits per heavy atom. The molecular weight excluding hydrogens is 174 g/mol. The molecule has 76 valence electrons. The van der Waals surface area contributed by atoms with Crippen molar-refractivity contribution in [1.82, 2.24) is 4.98 Å². The fraction of sp³-hybridized carbons (Fsp3) is 0.417. The molecule has 2 nitrogen and oxygen atoms in total. The summed E-state index contributed by atoms with van der Waals surface area (Å²) in [5.74, 6) is 0. The molecule has 0 saturated carbocycles. The molecule has 1 atom stereocenters. The predicted molar refractivity (Wildman–Crippen MR) is 57.9 cm³/mol. The third-order valence-corrected chi connectivity index (χ3v) is 2.05. The van der Waals surface area contributed by atoms with Crippen LogP contribution in [0.2, 0.25) is 0 Å². The summed E-state index contributed by atoms with van der Waals surface area (Å²) < 4.78 is 0. The van der Waals surface area contributed by atoms with E-state index < -0.39 is 0 Å². The summed E-state index contributed by atoms with van der Waals surface area (Å²) in [5.41, 5.74) is 0. The van der Waals surface area contributed by atoms with Gasteiger partial charge in [-0.25, -0.2) is 0 Å². The summed E-state index contributed by atoms with van der Waals surface area (Å²) in [6.45, 7) is 0. The number of aliphatic hydroxyl groups excluding tert-OH is 1. The molecule has 1 unspecified atom stereocenters. The molecule has 2 heteroatoms. The van der Waals surface area contributed by atoms with Crippen LogP contribution in [0.25, 0.3) is 0 Å². The van der Waals surface area contributed by atoms with Gasteiger partial charge in [-0.3, -0.25) is 4.98 Å². The molecule has 1 aromatic heterocycles. The van der Waals surface area contributed by atoms with Crippen molar-refractivity contribution in [2.24, 2.45) is 0 Å². The van der Waals surface area contributed by atoms with E-state index in [1.54, 1.807) is 12.4 Å². The van der Waals surface area contributed by atoms with E-state index in [9.17, 15) is 0 Å². The van der Waals surface area contributed by atoms with Gasteiger partial charge < -0.3 is 5.11 Å². The highest BCUT2D eigenvalue weighted by molar-refractivity contribution is 4.88. The second-order valence-corrected chi connectivity index (χ2v) is 3.32. The predicted octanol–water partition coefficient (Wildman–Crippen LogP) is 2.56. The third kappa shape index (κ3) is 5.49. The number of allylic oxidation sites excluding steroid dienone is 1. The second kappa shape index (κ2) is 7.27. The van der Waals surface area contributed by atoms with E-state index >= 15 is 0 Å². The maximum absolute atomic E-state index is 9.04. The van der Waals surface area contributed by atoms with Gasteiger partial charge in [-0.2, -0.15) is 0 Å². The van der Waals surface area contributed by atoms with Crippen LogP contribution < -0.4 is 0 Å². The van der Waals surface area contributed by atoms with E-state index in [1.165, 1.54) is 0 Å². The van der Waals surface area contributed by atoms with Gasteiger partial charge in [0, 0.05) is 12.4 Å². The normalized spacial score (nSPS) is 20.5. The summed E-state index contributed by atoms with van der Waals surface area (Å²) in [7, 11) is 0. The standard InChI is InChI=1S/C7H12O.C5H5N/c8-7-5-3-1-2-4-6-7;1-2-4-6-5-3-1/h1,3,7-8H,2,4-6H2;1-5H. The van der Waals surface area contributed by atoms with Crippen molar-refractivity contribution in [1.29, 1.82) is 0 Å². The first-order valence-corrected chi connectivity index (χ1v) is 5.07. The highest BCUT2D eigenvalue weighted by Crippen LogP contribution is 2.10. The third-order valence-electron chi connectivity index (χ3n) is 2.05. The molecule has 1 aliphatic carbocycles. The van der Waals surface area contributed by atoms with Crippen LogP contribution in [0.4, 0.5) is 0 Å². The second-order valence-electron chi connectivity index (χ2n) is 3.32. The van der Waals surface area contributed by atoms with Crippen molar-refractivity contribution >= 4 is 0 Å². The van der Waals surface area contributed by atoms with Gasteiger partial charge in [-0.15, -0.1) is 0 Å². The fourth-order valence-electron chi connectivity index (χ4n) is 1.27. The Morgan fingerprint density at radius 3 is 2.43 bits per heavy atom. The number of aliphatic hydroxyl groups is 1. The van der Waals surface area contributed by atoms with Crippen LogP contribution in [-0.4, -0.2) is 16.2 Å². The van der Waals surface area contributed by atoms with Crippen molar-refractivity contribution in [3.63, 3.8) is 0 Å². The molecule has 1 heterocycles. The lowest BCUT2D eigenvalue weighted by Crippen LogP contribution is -2.01. The lowest BCUT2D eigenvalue weighted by molar-refractivity contribution is 0.167. The minimum Gasteiger partial charge on any atom is -0.393 e. The maximum atomic E-state index is 9.04. The van der Waals surface area contributed by atoms with Crippen LogP contribution in [0.5, 0.6) is 0 Å². The molecule has 0 saturated heterocycles. The van der Waals surface area contributed by atoms with Gasteiger partial charge in [0.25, 0.3) is 0 Å². The molecule has 0 aliphatic heterocycles. The van der Waals surface area contributed by atoms with Gasteiger partial charge in [-0.1, -0.05) is 18.2 Å². The average Bonchev–Trinajstić information content (AvgIpc) is 2.49. The van der Waals surface area contributed by atoms with Crippen LogP contribution >= 0.6 is 0 Å². The highest BCUT2D eigenvalue weighted by Gasteiger charge is 2.02. The van der Waals surface area contributed by atoms with Crippen molar-refractivity contribution in [2.75, 3.05) is 0 Å². The number of hydrogen-bond donors (Lipinski definition) is 1. The summed E-state index contributed by atoms with van der Waals surface area (Å²) in [5, 5.41) is 9.04. The summed E-state index contributed by atoms with van der Waals surface area (Å²) in [6, 6.07) is 5.72. The Kier molecular flexibility index (Phi) is 5.68. The van der Waals surface area contributed by atoms with E-state index in [2.05, 4.69) is 17.1 Å². The average molecular weight is 191 g/mol. The van der Waals surface area contributed by atoms with E-state index in [0.29, 0.717) is 0 Å². The summed E-state index contributed by atoms with van der Waals surface area (Å²) in [6.07, 6.45) is 11.8. The molecule has 1 N–H and O–H groups in total. The SMILES string of the molecule is OC1CC=CCCC1.c1ccncc1. The molecular formula is C12H17NO. The lowest BCUT2D eigenvalue weighted by Gasteiger charge is -2.01. The zero-order valence-electron chi connectivity index (χ0n) is 8.34. The van der Waals surface area contributed by atoms with E-state index in [0.717, 1.165) is 25.7 Å². The fourth-order valence-corrected chi connectivity index (χ4v) is 1.27. The highest BCUT2D eigenvalue weighted by atomic mass is 16.3. The minimum absolute atomic E-state index is 0.0613. The Hall–Kier alpha value is -1.15. The van der Waals surface area contributed by atoms with Crippen LogP contribution in [0, 0.1) is 0 Å². The summed E-state index contributed by atoms with van der Waals surface area (Å²) in [4.78, 5) is 3.78. The first kappa shape index (κ1) is 10.9. The molecule has 1 aliphatic rings. The van der Waals surface area contributed by atoms with E-state index in [-0.39, 0.29) is 6.10 Å². The van der Waals surface area contributed by atoms with E-state index in [1.807, 2.05) is 18.2 Å². The Bertz CT molecular complexity index is 219. The van der Waals surface area contributed by atoms with Gasteiger partial charge in [-0.05, 0) is 37.8 Å². The van der Waals surface area contributed by atoms with Gasteiger partial charge in [0.1, 0.15) is 0 Å². The van der Waals surface area contributed by atoms with Crippen molar-refractivity contribution < 1.29 is 5.11 Å². The molecule has 0 aromatic carbocycles.